The maximum atomic E-state index is 11.9. The van der Waals surface area contributed by atoms with Gasteiger partial charge in [0.15, 0.2) is 0 Å². The van der Waals surface area contributed by atoms with Gasteiger partial charge in [-0.05, 0) is 36.6 Å². The van der Waals surface area contributed by atoms with E-state index >= 15 is 0 Å². The fraction of sp³-hybridized carbons (Fsp3) is 0.316. The van der Waals surface area contributed by atoms with Crippen LogP contribution in [0.2, 0.25) is 0 Å². The Morgan fingerprint density at radius 2 is 1.73 bits per heavy atom. The van der Waals surface area contributed by atoms with Crippen LogP contribution in [0.1, 0.15) is 37.4 Å². The van der Waals surface area contributed by atoms with Crippen LogP contribution in [0.15, 0.2) is 54.6 Å². The smallest absolute Gasteiger partial charge is 0.225 e. The highest BCUT2D eigenvalue weighted by Crippen LogP contribution is 2.12. The lowest BCUT2D eigenvalue weighted by Gasteiger charge is -2.14. The molecule has 2 rings (SSSR count). The van der Waals surface area contributed by atoms with Gasteiger partial charge in [0.25, 0.3) is 0 Å². The number of carbonyl (C=O) groups excluding carboxylic acids is 1. The van der Waals surface area contributed by atoms with E-state index in [0.717, 1.165) is 12.1 Å². The molecule has 0 fully saturated rings. The number of aryl methyl sites for hydroxylation is 1. The van der Waals surface area contributed by atoms with E-state index in [0.29, 0.717) is 13.0 Å². The van der Waals surface area contributed by atoms with Gasteiger partial charge >= 0.3 is 0 Å². The number of hydrogen-bond acceptors (Lipinski definition) is 2. The number of rotatable bonds is 7. The summed E-state index contributed by atoms with van der Waals surface area (Å²) in [6, 6.07) is 18.5. The van der Waals surface area contributed by atoms with Gasteiger partial charge in [-0.3, -0.25) is 4.79 Å². The van der Waals surface area contributed by atoms with Crippen LogP contribution in [0.25, 0.3) is 0 Å². The minimum atomic E-state index is 0.0389. The molecule has 2 aromatic rings. The summed E-state index contributed by atoms with van der Waals surface area (Å²) in [6.45, 7) is 4.89. The third kappa shape index (κ3) is 5.01. The highest BCUT2D eigenvalue weighted by molar-refractivity contribution is 5.90. The van der Waals surface area contributed by atoms with E-state index in [1.54, 1.807) is 0 Å². The maximum absolute atomic E-state index is 11.9. The molecule has 0 heterocycles. The molecule has 0 aliphatic carbocycles. The molecule has 22 heavy (non-hydrogen) atoms. The molecule has 0 aliphatic rings. The molecule has 0 radical (unpaired) electrons. The van der Waals surface area contributed by atoms with Crippen molar-refractivity contribution in [3.63, 3.8) is 0 Å². The van der Waals surface area contributed by atoms with Crippen molar-refractivity contribution < 1.29 is 4.79 Å². The summed E-state index contributed by atoms with van der Waals surface area (Å²) >= 11 is 0. The monoisotopic (exact) mass is 296 g/mol. The summed E-state index contributed by atoms with van der Waals surface area (Å²) in [5.41, 5.74) is 3.37. The number of nitrogens with one attached hydrogen (secondary N) is 2. The van der Waals surface area contributed by atoms with Crippen molar-refractivity contribution in [1.29, 1.82) is 0 Å². The average Bonchev–Trinajstić information content (AvgIpc) is 2.56. The van der Waals surface area contributed by atoms with Gasteiger partial charge in [0.1, 0.15) is 0 Å². The van der Waals surface area contributed by atoms with Crippen molar-refractivity contribution in [2.24, 2.45) is 0 Å². The van der Waals surface area contributed by atoms with Crippen molar-refractivity contribution in [3.8, 4) is 0 Å². The first kappa shape index (κ1) is 16.2. The van der Waals surface area contributed by atoms with E-state index < -0.39 is 0 Å². The lowest BCUT2D eigenvalue weighted by atomic mass is 10.1. The van der Waals surface area contributed by atoms with Crippen molar-refractivity contribution >= 4 is 11.6 Å². The van der Waals surface area contributed by atoms with Crippen molar-refractivity contribution in [2.75, 3.05) is 11.9 Å². The van der Waals surface area contributed by atoms with Gasteiger partial charge in [-0.1, -0.05) is 49.4 Å². The molecule has 0 bridgehead atoms. The zero-order chi connectivity index (χ0) is 15.8. The molecule has 3 nitrogen and oxygen atoms in total. The van der Waals surface area contributed by atoms with Gasteiger partial charge in [-0.2, -0.15) is 0 Å². The Hall–Kier alpha value is -2.13. The molecule has 0 aromatic heterocycles. The summed E-state index contributed by atoms with van der Waals surface area (Å²) in [5.74, 6) is 0.0389. The molecule has 1 atom stereocenters. The third-order valence-corrected chi connectivity index (χ3v) is 3.75. The summed E-state index contributed by atoms with van der Waals surface area (Å²) in [6.07, 6.45) is 1.47. The molecular formula is C19H24N2O. The molecule has 2 N–H and O–H groups in total. The third-order valence-electron chi connectivity index (χ3n) is 3.75. The quantitative estimate of drug-likeness (QED) is 0.813. The number of benzene rings is 2. The SMILES string of the molecule is CCc1ccc(NC(=O)CCNC(C)c2ccccc2)cc1. The molecular weight excluding hydrogens is 272 g/mol. The Morgan fingerprint density at radius 1 is 1.05 bits per heavy atom. The zero-order valence-corrected chi connectivity index (χ0v) is 13.3. The van der Waals surface area contributed by atoms with Crippen LogP contribution in [0, 0.1) is 0 Å². The minimum Gasteiger partial charge on any atom is -0.326 e. The Morgan fingerprint density at radius 3 is 2.36 bits per heavy atom. The van der Waals surface area contributed by atoms with Gasteiger partial charge < -0.3 is 10.6 Å². The summed E-state index contributed by atoms with van der Waals surface area (Å²) in [7, 11) is 0. The van der Waals surface area contributed by atoms with Crippen molar-refractivity contribution in [3.05, 3.63) is 65.7 Å². The van der Waals surface area contributed by atoms with Crippen LogP contribution >= 0.6 is 0 Å². The first-order valence-electron chi connectivity index (χ1n) is 7.86. The fourth-order valence-electron chi connectivity index (χ4n) is 2.31. The molecule has 0 aliphatic heterocycles. The van der Waals surface area contributed by atoms with Crippen LogP contribution in [0.5, 0.6) is 0 Å². The summed E-state index contributed by atoms with van der Waals surface area (Å²) in [5, 5.41) is 6.30. The normalized spacial score (nSPS) is 11.9. The van der Waals surface area contributed by atoms with Crippen LogP contribution in [-0.2, 0) is 11.2 Å². The Bertz CT molecular complexity index is 578. The van der Waals surface area contributed by atoms with Gasteiger partial charge in [-0.25, -0.2) is 0 Å². The second kappa shape index (κ2) is 8.35. The summed E-state index contributed by atoms with van der Waals surface area (Å²) < 4.78 is 0. The molecule has 3 heteroatoms. The van der Waals surface area contributed by atoms with E-state index in [-0.39, 0.29) is 11.9 Å². The second-order valence-electron chi connectivity index (χ2n) is 5.44. The van der Waals surface area contributed by atoms with E-state index in [4.69, 9.17) is 0 Å². The summed E-state index contributed by atoms with van der Waals surface area (Å²) in [4.78, 5) is 11.9. The number of hydrogen-bond donors (Lipinski definition) is 2. The van der Waals surface area contributed by atoms with E-state index in [9.17, 15) is 4.79 Å². The number of carbonyl (C=O) groups is 1. The predicted molar refractivity (Wildman–Crippen MR) is 91.9 cm³/mol. The first-order chi connectivity index (χ1) is 10.7. The molecule has 2 aromatic carbocycles. The van der Waals surface area contributed by atoms with Crippen LogP contribution in [0.4, 0.5) is 5.69 Å². The molecule has 116 valence electrons. The van der Waals surface area contributed by atoms with Crippen LogP contribution < -0.4 is 10.6 Å². The Balaban J connectivity index is 1.73. The van der Waals surface area contributed by atoms with Crippen molar-refractivity contribution in [1.82, 2.24) is 5.32 Å². The molecule has 1 unspecified atom stereocenters. The highest BCUT2D eigenvalue weighted by atomic mass is 16.1. The molecule has 0 saturated carbocycles. The maximum Gasteiger partial charge on any atom is 0.225 e. The van der Waals surface area contributed by atoms with E-state index in [1.807, 2.05) is 42.5 Å². The van der Waals surface area contributed by atoms with Gasteiger partial charge in [-0.15, -0.1) is 0 Å². The van der Waals surface area contributed by atoms with Gasteiger partial charge in [0.2, 0.25) is 5.91 Å². The van der Waals surface area contributed by atoms with Gasteiger partial charge in [0.05, 0.1) is 0 Å². The lowest BCUT2D eigenvalue weighted by molar-refractivity contribution is -0.116. The van der Waals surface area contributed by atoms with Crippen molar-refractivity contribution in [2.45, 2.75) is 32.7 Å². The largest absolute Gasteiger partial charge is 0.326 e. The van der Waals surface area contributed by atoms with E-state index in [1.165, 1.54) is 11.1 Å². The number of amides is 1. The first-order valence-corrected chi connectivity index (χ1v) is 7.86. The fourth-order valence-corrected chi connectivity index (χ4v) is 2.31. The highest BCUT2D eigenvalue weighted by Gasteiger charge is 2.06. The molecule has 0 saturated heterocycles. The van der Waals surface area contributed by atoms with E-state index in [2.05, 4.69) is 36.6 Å². The lowest BCUT2D eigenvalue weighted by Crippen LogP contribution is -2.24. The Kier molecular flexibility index (Phi) is 6.16. The molecule has 0 spiro atoms. The van der Waals surface area contributed by atoms with Gasteiger partial charge in [0, 0.05) is 24.7 Å². The Labute approximate surface area is 132 Å². The predicted octanol–water partition coefficient (Wildman–Crippen LogP) is 3.93. The molecule has 1 amide bonds. The topological polar surface area (TPSA) is 41.1 Å². The minimum absolute atomic E-state index is 0.0389. The van der Waals surface area contributed by atoms with Crippen LogP contribution in [0.3, 0.4) is 0 Å². The van der Waals surface area contributed by atoms with Crippen LogP contribution in [-0.4, -0.2) is 12.5 Å². The zero-order valence-electron chi connectivity index (χ0n) is 13.3. The second-order valence-corrected chi connectivity index (χ2v) is 5.44. The average molecular weight is 296 g/mol. The standard InChI is InChI=1S/C19H24N2O/c1-3-16-9-11-18(12-10-16)21-19(22)13-14-20-15(2)17-7-5-4-6-8-17/h4-12,15,20H,3,13-14H2,1-2H3,(H,21,22). The number of anilines is 1.